The molecule has 0 spiro atoms. The first-order chi connectivity index (χ1) is 7.56. The third kappa shape index (κ3) is 3.20. The largest absolute Gasteiger partial charge is 0.412 e. The molecule has 2 rings (SSSR count). The quantitative estimate of drug-likeness (QED) is 0.757. The molecule has 0 aromatic heterocycles. The summed E-state index contributed by atoms with van der Waals surface area (Å²) in [5.41, 5.74) is 0.714. The highest BCUT2D eigenvalue weighted by Gasteiger charge is 2.51. The second kappa shape index (κ2) is 7.12. The van der Waals surface area contributed by atoms with Crippen molar-refractivity contribution in [1.29, 1.82) is 0 Å². The van der Waals surface area contributed by atoms with Crippen molar-refractivity contribution in [2.45, 2.75) is 64.8 Å². The summed E-state index contributed by atoms with van der Waals surface area (Å²) in [5.74, 6) is 1.90. The van der Waals surface area contributed by atoms with Crippen molar-refractivity contribution in [2.75, 3.05) is 14.1 Å². The van der Waals surface area contributed by atoms with Crippen molar-refractivity contribution in [3.63, 3.8) is 0 Å². The van der Waals surface area contributed by atoms with E-state index in [0.29, 0.717) is 5.41 Å². The number of halogens is 1. The van der Waals surface area contributed by atoms with Crippen molar-refractivity contribution in [3.05, 3.63) is 0 Å². The van der Waals surface area contributed by atoms with E-state index in [9.17, 15) is 0 Å². The first-order valence-corrected chi connectivity index (χ1v) is 7.22. The van der Waals surface area contributed by atoms with E-state index in [1.807, 2.05) is 0 Å². The van der Waals surface area contributed by atoms with E-state index in [1.165, 1.54) is 44.9 Å². The molecular weight excluding hydrogens is 246 g/mol. The smallest absolute Gasteiger partial charge is 0.0151 e. The lowest BCUT2D eigenvalue weighted by molar-refractivity contribution is -0.0718. The minimum Gasteiger partial charge on any atom is -0.412 e. The Labute approximate surface area is 119 Å². The molecule has 1 unspecified atom stereocenters. The molecule has 2 aliphatic carbocycles. The van der Waals surface area contributed by atoms with Gasteiger partial charge in [0.25, 0.3) is 0 Å². The van der Waals surface area contributed by atoms with Gasteiger partial charge < -0.3 is 10.4 Å². The molecule has 3 heteroatoms. The second-order valence-electron chi connectivity index (χ2n) is 6.82. The molecule has 2 fully saturated rings. The van der Waals surface area contributed by atoms with E-state index in [0.717, 1.165) is 17.9 Å². The van der Waals surface area contributed by atoms with Crippen LogP contribution in [0.3, 0.4) is 0 Å². The standard InChI is InChI=1S/C15H29N.ClH.H2O/c1-12(2)11-14(16(3)4)15(9-6-10-15)13-7-5-8-13;;/h12-14H,5-11H2,1-4H3;1H;1H2. The van der Waals surface area contributed by atoms with Crippen LogP contribution < -0.4 is 0 Å². The van der Waals surface area contributed by atoms with E-state index in [4.69, 9.17) is 0 Å². The van der Waals surface area contributed by atoms with E-state index < -0.39 is 0 Å². The molecule has 1 atom stereocenters. The van der Waals surface area contributed by atoms with Gasteiger partial charge in [-0.05, 0) is 63.5 Å². The van der Waals surface area contributed by atoms with Crippen LogP contribution in [-0.2, 0) is 0 Å². The summed E-state index contributed by atoms with van der Waals surface area (Å²) >= 11 is 0. The summed E-state index contributed by atoms with van der Waals surface area (Å²) in [7, 11) is 4.59. The van der Waals surface area contributed by atoms with Gasteiger partial charge in [-0.2, -0.15) is 0 Å². The minimum absolute atomic E-state index is 0. The topological polar surface area (TPSA) is 34.7 Å². The summed E-state index contributed by atoms with van der Waals surface area (Å²) in [5, 5.41) is 0. The Hall–Kier alpha value is 0.210. The molecule has 0 bridgehead atoms. The molecule has 0 aromatic carbocycles. The predicted octanol–water partition coefficient (Wildman–Crippen LogP) is 3.53. The van der Waals surface area contributed by atoms with Crippen LogP contribution in [0.2, 0.25) is 0 Å². The van der Waals surface area contributed by atoms with Crippen molar-refractivity contribution < 1.29 is 5.48 Å². The van der Waals surface area contributed by atoms with Crippen molar-refractivity contribution >= 4 is 12.4 Å². The first-order valence-electron chi connectivity index (χ1n) is 7.22. The van der Waals surface area contributed by atoms with Crippen molar-refractivity contribution in [1.82, 2.24) is 4.90 Å². The highest BCUT2D eigenvalue weighted by Crippen LogP contribution is 2.58. The fourth-order valence-electron chi connectivity index (χ4n) is 3.99. The summed E-state index contributed by atoms with van der Waals surface area (Å²) in [4.78, 5) is 2.53. The molecule has 0 aliphatic heterocycles. The van der Waals surface area contributed by atoms with Gasteiger partial charge in [0.15, 0.2) is 0 Å². The molecule has 2 nitrogen and oxygen atoms in total. The van der Waals surface area contributed by atoms with Gasteiger partial charge in [-0.25, -0.2) is 0 Å². The summed E-state index contributed by atoms with van der Waals surface area (Å²) in [6.07, 6.45) is 10.4. The van der Waals surface area contributed by atoms with Gasteiger partial charge in [0.05, 0.1) is 0 Å². The molecule has 0 amide bonds. The van der Waals surface area contributed by atoms with Crippen LogP contribution in [-0.4, -0.2) is 30.5 Å². The number of rotatable bonds is 5. The molecule has 0 radical (unpaired) electrons. The van der Waals surface area contributed by atoms with Crippen LogP contribution in [0, 0.1) is 17.3 Å². The Bertz CT molecular complexity index is 235. The molecule has 110 valence electrons. The van der Waals surface area contributed by atoms with Crippen LogP contribution in [0.5, 0.6) is 0 Å². The van der Waals surface area contributed by atoms with Crippen LogP contribution in [0.25, 0.3) is 0 Å². The highest BCUT2D eigenvalue weighted by atomic mass is 35.5. The summed E-state index contributed by atoms with van der Waals surface area (Å²) in [6, 6.07) is 0.839. The maximum atomic E-state index is 2.53. The molecule has 18 heavy (non-hydrogen) atoms. The lowest BCUT2D eigenvalue weighted by atomic mass is 9.51. The third-order valence-electron chi connectivity index (χ3n) is 5.18. The average Bonchev–Trinajstić information content (AvgIpc) is 2.03. The first kappa shape index (κ1) is 18.2. The monoisotopic (exact) mass is 277 g/mol. The lowest BCUT2D eigenvalue weighted by Crippen LogP contribution is -2.55. The predicted molar refractivity (Wildman–Crippen MR) is 81.4 cm³/mol. The van der Waals surface area contributed by atoms with Gasteiger partial charge in [-0.15, -0.1) is 12.4 Å². The molecule has 0 saturated heterocycles. The van der Waals surface area contributed by atoms with Crippen molar-refractivity contribution in [2.24, 2.45) is 17.3 Å². The number of hydrogen-bond acceptors (Lipinski definition) is 1. The maximum absolute atomic E-state index is 2.53. The SMILES string of the molecule is CC(C)CC(N(C)C)C1(C2CCC2)CCC1.Cl.O. The van der Waals surface area contributed by atoms with Gasteiger partial charge >= 0.3 is 0 Å². The average molecular weight is 278 g/mol. The Morgan fingerprint density at radius 3 is 1.89 bits per heavy atom. The zero-order valence-electron chi connectivity index (χ0n) is 12.5. The zero-order chi connectivity index (χ0) is 11.8. The van der Waals surface area contributed by atoms with Gasteiger partial charge in [0, 0.05) is 6.04 Å². The fraction of sp³-hybridized carbons (Fsp3) is 1.00. The lowest BCUT2D eigenvalue weighted by Gasteiger charge is -2.58. The van der Waals surface area contributed by atoms with Gasteiger partial charge in [-0.3, -0.25) is 0 Å². The zero-order valence-corrected chi connectivity index (χ0v) is 13.4. The second-order valence-corrected chi connectivity index (χ2v) is 6.82. The normalized spacial score (nSPS) is 23.7. The fourth-order valence-corrected chi connectivity index (χ4v) is 3.99. The molecule has 0 aromatic rings. The van der Waals surface area contributed by atoms with Gasteiger partial charge in [-0.1, -0.05) is 26.7 Å². The molecule has 0 heterocycles. The number of hydrogen-bond donors (Lipinski definition) is 0. The van der Waals surface area contributed by atoms with E-state index in [1.54, 1.807) is 0 Å². The molecular formula is C15H32ClNO. The van der Waals surface area contributed by atoms with Crippen LogP contribution >= 0.6 is 12.4 Å². The van der Waals surface area contributed by atoms with E-state index in [-0.39, 0.29) is 17.9 Å². The van der Waals surface area contributed by atoms with E-state index >= 15 is 0 Å². The van der Waals surface area contributed by atoms with Crippen molar-refractivity contribution in [3.8, 4) is 0 Å². The van der Waals surface area contributed by atoms with Gasteiger partial charge in [0.1, 0.15) is 0 Å². The van der Waals surface area contributed by atoms with Crippen LogP contribution in [0.1, 0.15) is 58.8 Å². The third-order valence-corrected chi connectivity index (χ3v) is 5.18. The summed E-state index contributed by atoms with van der Waals surface area (Å²) in [6.45, 7) is 4.76. The van der Waals surface area contributed by atoms with Crippen LogP contribution in [0.4, 0.5) is 0 Å². The molecule has 2 N–H and O–H groups in total. The van der Waals surface area contributed by atoms with Crippen LogP contribution in [0.15, 0.2) is 0 Å². The Kier molecular flexibility index (Phi) is 7.20. The molecule has 2 aliphatic rings. The number of nitrogens with zero attached hydrogens (tertiary/aromatic N) is 1. The Balaban J connectivity index is 0.00000144. The minimum atomic E-state index is 0. The molecule has 2 saturated carbocycles. The Morgan fingerprint density at radius 2 is 1.67 bits per heavy atom. The maximum Gasteiger partial charge on any atom is 0.0151 e. The Morgan fingerprint density at radius 1 is 1.11 bits per heavy atom. The highest BCUT2D eigenvalue weighted by molar-refractivity contribution is 5.85. The van der Waals surface area contributed by atoms with Gasteiger partial charge in [0.2, 0.25) is 0 Å². The summed E-state index contributed by atoms with van der Waals surface area (Å²) < 4.78 is 0. The van der Waals surface area contributed by atoms with E-state index in [2.05, 4.69) is 32.8 Å².